The molecule has 21 heavy (non-hydrogen) atoms. The van der Waals surface area contributed by atoms with Crippen molar-refractivity contribution in [2.75, 3.05) is 7.11 Å². The van der Waals surface area contributed by atoms with E-state index in [9.17, 15) is 9.59 Å². The second kappa shape index (κ2) is 10.4. The first-order valence-corrected chi connectivity index (χ1v) is 8.10. The molecule has 1 aliphatic carbocycles. The topological polar surface area (TPSA) is 43.4 Å². The van der Waals surface area contributed by atoms with Crippen LogP contribution in [0.4, 0.5) is 0 Å². The van der Waals surface area contributed by atoms with Crippen molar-refractivity contribution < 1.29 is 14.3 Å². The zero-order valence-corrected chi connectivity index (χ0v) is 13.3. The number of methoxy groups -OCH3 is 1. The average molecular weight is 292 g/mol. The number of hydrogen-bond acceptors (Lipinski definition) is 3. The fraction of sp³-hybridized carbons (Fsp3) is 0.667. The lowest BCUT2D eigenvalue weighted by molar-refractivity contribution is -0.134. The van der Waals surface area contributed by atoms with Gasteiger partial charge >= 0.3 is 5.97 Å². The first kappa shape index (κ1) is 17.7. The molecule has 0 amide bonds. The minimum Gasteiger partial charge on any atom is -0.466 e. The van der Waals surface area contributed by atoms with Crippen molar-refractivity contribution in [3.05, 3.63) is 24.3 Å². The molecule has 1 fully saturated rings. The predicted octanol–water partition coefficient (Wildman–Crippen LogP) is 4.23. The molecule has 3 nitrogen and oxygen atoms in total. The summed E-state index contributed by atoms with van der Waals surface area (Å²) in [6.45, 7) is 2.19. The van der Waals surface area contributed by atoms with Crippen LogP contribution in [-0.2, 0) is 14.3 Å². The van der Waals surface area contributed by atoms with Crippen LogP contribution in [0.3, 0.4) is 0 Å². The number of allylic oxidation sites excluding steroid dienone is 3. The van der Waals surface area contributed by atoms with Gasteiger partial charge in [0.15, 0.2) is 0 Å². The number of carbonyl (C=O) groups excluding carboxylic acids is 2. The van der Waals surface area contributed by atoms with E-state index in [1.807, 2.05) is 6.08 Å². The lowest BCUT2D eigenvalue weighted by atomic mass is 9.85. The molecule has 0 saturated heterocycles. The van der Waals surface area contributed by atoms with Gasteiger partial charge in [-0.3, -0.25) is 4.79 Å². The van der Waals surface area contributed by atoms with E-state index in [0.717, 1.165) is 25.7 Å². The fourth-order valence-electron chi connectivity index (χ4n) is 2.79. The van der Waals surface area contributed by atoms with Gasteiger partial charge in [0.05, 0.1) is 7.11 Å². The summed E-state index contributed by atoms with van der Waals surface area (Å²) in [5, 5.41) is 0. The van der Waals surface area contributed by atoms with Crippen molar-refractivity contribution in [3.63, 3.8) is 0 Å². The lowest BCUT2D eigenvalue weighted by Gasteiger charge is -2.20. The number of carbonyl (C=O) groups is 2. The molecule has 0 radical (unpaired) electrons. The van der Waals surface area contributed by atoms with E-state index in [0.29, 0.717) is 30.5 Å². The maximum absolute atomic E-state index is 11.7. The Labute approximate surface area is 128 Å². The number of unbranched alkanes of at least 4 members (excludes halogenated alkanes) is 2. The molecule has 0 N–H and O–H groups in total. The average Bonchev–Trinajstić information content (AvgIpc) is 2.66. The Bertz CT molecular complexity index is 382. The maximum Gasteiger partial charge on any atom is 0.330 e. The van der Waals surface area contributed by atoms with Gasteiger partial charge < -0.3 is 4.74 Å². The van der Waals surface area contributed by atoms with Crippen molar-refractivity contribution in [1.82, 2.24) is 0 Å². The molecule has 0 spiro atoms. The maximum atomic E-state index is 11.7. The minimum absolute atomic E-state index is 0.310. The van der Waals surface area contributed by atoms with Gasteiger partial charge in [0, 0.05) is 18.9 Å². The van der Waals surface area contributed by atoms with Crippen LogP contribution >= 0.6 is 0 Å². The van der Waals surface area contributed by atoms with Gasteiger partial charge in [-0.25, -0.2) is 4.79 Å². The summed E-state index contributed by atoms with van der Waals surface area (Å²) in [7, 11) is 1.39. The predicted molar refractivity (Wildman–Crippen MR) is 84.9 cm³/mol. The number of ketones is 1. The molecule has 2 atom stereocenters. The van der Waals surface area contributed by atoms with E-state index in [1.165, 1.54) is 26.0 Å². The largest absolute Gasteiger partial charge is 0.466 e. The molecular formula is C18H28O3. The Morgan fingerprint density at radius 1 is 1.29 bits per heavy atom. The summed E-state index contributed by atoms with van der Waals surface area (Å²) < 4.78 is 4.61. The molecule has 1 rings (SSSR count). The number of Topliss-reactive ketones (excluding diaryl/α,β-unsaturated/α-hetero) is 1. The molecular weight excluding hydrogens is 264 g/mol. The normalized spacial score (nSPS) is 23.6. The summed E-state index contributed by atoms with van der Waals surface area (Å²) in [6.07, 6.45) is 15.6. The fourth-order valence-corrected chi connectivity index (χ4v) is 2.79. The first-order chi connectivity index (χ1) is 10.2. The van der Waals surface area contributed by atoms with Gasteiger partial charge in [-0.15, -0.1) is 0 Å². The molecule has 0 aromatic carbocycles. The molecule has 3 heteroatoms. The highest BCUT2D eigenvalue weighted by Crippen LogP contribution is 2.31. The van der Waals surface area contributed by atoms with Crippen LogP contribution < -0.4 is 0 Å². The first-order valence-electron chi connectivity index (χ1n) is 8.10. The molecule has 2 unspecified atom stereocenters. The van der Waals surface area contributed by atoms with Crippen LogP contribution in [-0.4, -0.2) is 18.9 Å². The minimum atomic E-state index is -0.310. The van der Waals surface area contributed by atoms with Crippen LogP contribution in [0.2, 0.25) is 0 Å². The van der Waals surface area contributed by atoms with Gasteiger partial charge in [0.25, 0.3) is 0 Å². The Hall–Kier alpha value is -1.38. The molecule has 0 bridgehead atoms. The van der Waals surface area contributed by atoms with Crippen molar-refractivity contribution in [2.45, 2.75) is 58.3 Å². The third kappa shape index (κ3) is 7.26. The third-order valence-electron chi connectivity index (χ3n) is 4.16. The van der Waals surface area contributed by atoms with Crippen LogP contribution in [0.1, 0.15) is 58.3 Å². The van der Waals surface area contributed by atoms with Crippen molar-refractivity contribution in [2.24, 2.45) is 11.8 Å². The third-order valence-corrected chi connectivity index (χ3v) is 4.16. The molecule has 0 aromatic heterocycles. The standard InChI is InChI=1S/C18H28O3/c1-3-4-5-6-8-15-11-13-17(19)14-12-16(15)9-7-10-18(20)21-2/h6-8,10,15-16H,3-5,9,11-14H2,1-2H3/b8-6+,10-7+. The summed E-state index contributed by atoms with van der Waals surface area (Å²) in [5.74, 6) is 0.974. The van der Waals surface area contributed by atoms with E-state index >= 15 is 0 Å². The molecule has 1 aliphatic rings. The summed E-state index contributed by atoms with van der Waals surface area (Å²) in [5.41, 5.74) is 0. The summed E-state index contributed by atoms with van der Waals surface area (Å²) in [6, 6.07) is 0. The van der Waals surface area contributed by atoms with E-state index in [1.54, 1.807) is 0 Å². The molecule has 0 aliphatic heterocycles. The van der Waals surface area contributed by atoms with Crippen LogP contribution in [0.25, 0.3) is 0 Å². The second-order valence-electron chi connectivity index (χ2n) is 5.77. The summed E-state index contributed by atoms with van der Waals surface area (Å²) >= 11 is 0. The van der Waals surface area contributed by atoms with Gasteiger partial charge in [-0.05, 0) is 37.5 Å². The quantitative estimate of drug-likeness (QED) is 0.232. The zero-order valence-electron chi connectivity index (χ0n) is 13.3. The lowest BCUT2D eigenvalue weighted by Crippen LogP contribution is -2.10. The number of rotatable bonds is 7. The Kier molecular flexibility index (Phi) is 8.72. The monoisotopic (exact) mass is 292 g/mol. The number of hydrogen-bond donors (Lipinski definition) is 0. The highest BCUT2D eigenvalue weighted by molar-refractivity contribution is 5.81. The van der Waals surface area contributed by atoms with E-state index < -0.39 is 0 Å². The Morgan fingerprint density at radius 2 is 2.05 bits per heavy atom. The second-order valence-corrected chi connectivity index (χ2v) is 5.77. The molecule has 118 valence electrons. The van der Waals surface area contributed by atoms with Crippen LogP contribution in [0.15, 0.2) is 24.3 Å². The highest BCUT2D eigenvalue weighted by atomic mass is 16.5. The van der Waals surface area contributed by atoms with E-state index in [-0.39, 0.29) is 5.97 Å². The summed E-state index contributed by atoms with van der Waals surface area (Å²) in [4.78, 5) is 22.8. The van der Waals surface area contributed by atoms with Gasteiger partial charge in [-0.1, -0.05) is 38.0 Å². The van der Waals surface area contributed by atoms with Gasteiger partial charge in [-0.2, -0.15) is 0 Å². The van der Waals surface area contributed by atoms with Crippen molar-refractivity contribution >= 4 is 11.8 Å². The van der Waals surface area contributed by atoms with Gasteiger partial charge in [0.2, 0.25) is 0 Å². The number of ether oxygens (including phenoxy) is 1. The smallest absolute Gasteiger partial charge is 0.330 e. The molecule has 0 aromatic rings. The Morgan fingerprint density at radius 3 is 2.76 bits per heavy atom. The van der Waals surface area contributed by atoms with Crippen LogP contribution in [0.5, 0.6) is 0 Å². The van der Waals surface area contributed by atoms with Gasteiger partial charge in [0.1, 0.15) is 5.78 Å². The SMILES string of the molecule is CCCC/C=C/C1CCC(=O)CCC1C/C=C/C(=O)OC. The number of esters is 1. The van der Waals surface area contributed by atoms with Crippen LogP contribution in [0, 0.1) is 11.8 Å². The van der Waals surface area contributed by atoms with Crippen molar-refractivity contribution in [1.29, 1.82) is 0 Å². The van der Waals surface area contributed by atoms with E-state index in [2.05, 4.69) is 23.8 Å². The Balaban J connectivity index is 2.59. The zero-order chi connectivity index (χ0) is 15.5. The molecule has 1 saturated carbocycles. The van der Waals surface area contributed by atoms with E-state index in [4.69, 9.17) is 0 Å². The molecule has 0 heterocycles. The van der Waals surface area contributed by atoms with Crippen molar-refractivity contribution in [3.8, 4) is 0 Å². The highest BCUT2D eigenvalue weighted by Gasteiger charge is 2.23.